The Balaban J connectivity index is 1.26. The molecule has 1 amide bonds. The second kappa shape index (κ2) is 12.6. The van der Waals surface area contributed by atoms with Crippen molar-refractivity contribution in [3.63, 3.8) is 0 Å². The monoisotopic (exact) mass is 574 g/mol. The highest BCUT2D eigenvalue weighted by molar-refractivity contribution is 6.03. The summed E-state index contributed by atoms with van der Waals surface area (Å²) in [6.07, 6.45) is 5.31. The molecule has 0 radical (unpaired) electrons. The Kier molecular flexibility index (Phi) is 8.10. The van der Waals surface area contributed by atoms with Crippen molar-refractivity contribution in [1.29, 1.82) is 5.26 Å². The number of nitriles is 1. The van der Waals surface area contributed by atoms with Crippen molar-refractivity contribution in [2.24, 2.45) is 0 Å². The third-order valence-electron chi connectivity index (χ3n) is 7.20. The van der Waals surface area contributed by atoms with Gasteiger partial charge in [0.1, 0.15) is 28.5 Å². The van der Waals surface area contributed by atoms with Gasteiger partial charge in [-0.3, -0.25) is 4.79 Å². The maximum Gasteiger partial charge on any atom is 0.256 e. The molecule has 11 heteroatoms. The minimum atomic E-state index is -0.340. The molecule has 2 aromatic carbocycles. The summed E-state index contributed by atoms with van der Waals surface area (Å²) in [7, 11) is 1.65. The molecule has 0 spiro atoms. The number of benzene rings is 2. The molecule has 0 aliphatic carbocycles. The van der Waals surface area contributed by atoms with Gasteiger partial charge in [-0.15, -0.1) is 0 Å². The van der Waals surface area contributed by atoms with Gasteiger partial charge >= 0.3 is 0 Å². The fourth-order valence-electron chi connectivity index (χ4n) is 5.00. The number of rotatable bonds is 9. The molecule has 216 valence electrons. The van der Waals surface area contributed by atoms with Crippen LogP contribution in [-0.2, 0) is 6.54 Å². The highest BCUT2D eigenvalue weighted by Gasteiger charge is 2.21. The van der Waals surface area contributed by atoms with E-state index in [1.165, 1.54) is 12.3 Å². The number of methoxy groups -OCH3 is 1. The molecule has 1 fully saturated rings. The van der Waals surface area contributed by atoms with Gasteiger partial charge in [0.25, 0.3) is 5.91 Å². The first-order valence-electron chi connectivity index (χ1n) is 14.0. The van der Waals surface area contributed by atoms with Crippen molar-refractivity contribution in [2.45, 2.75) is 25.4 Å². The summed E-state index contributed by atoms with van der Waals surface area (Å²) in [5.41, 5.74) is 2.60. The first kappa shape index (κ1) is 27.7. The minimum Gasteiger partial charge on any atom is -0.497 e. The molecule has 1 atom stereocenters. The summed E-state index contributed by atoms with van der Waals surface area (Å²) < 4.78 is 13.5. The van der Waals surface area contributed by atoms with Crippen molar-refractivity contribution in [3.8, 4) is 23.3 Å². The van der Waals surface area contributed by atoms with Crippen LogP contribution in [0.5, 0.6) is 17.2 Å². The second-order valence-electron chi connectivity index (χ2n) is 10.2. The quantitative estimate of drug-likeness (QED) is 0.223. The van der Waals surface area contributed by atoms with Gasteiger partial charge in [0.2, 0.25) is 0 Å². The van der Waals surface area contributed by atoms with Crippen LogP contribution in [0.3, 0.4) is 0 Å². The summed E-state index contributed by atoms with van der Waals surface area (Å²) in [5, 5.41) is 24.6. The number of nitrogens with zero attached hydrogens (tertiary/aromatic N) is 5. The number of ether oxygens (including phenoxy) is 2. The average Bonchev–Trinajstić information content (AvgIpc) is 3.39. The summed E-state index contributed by atoms with van der Waals surface area (Å²) >= 11 is 0. The number of carbonyl (C=O) groups excluding carboxylic acids is 1. The zero-order chi connectivity index (χ0) is 29.6. The normalized spacial score (nSPS) is 14.6. The van der Waals surface area contributed by atoms with Gasteiger partial charge in [-0.25, -0.2) is 14.6 Å². The third-order valence-corrected chi connectivity index (χ3v) is 7.20. The maximum absolute atomic E-state index is 12.8. The van der Waals surface area contributed by atoms with Crippen LogP contribution in [0.15, 0.2) is 79.1 Å². The van der Waals surface area contributed by atoms with Crippen molar-refractivity contribution >= 4 is 28.6 Å². The van der Waals surface area contributed by atoms with Gasteiger partial charge in [0, 0.05) is 36.6 Å². The van der Waals surface area contributed by atoms with E-state index in [-0.39, 0.29) is 11.9 Å². The van der Waals surface area contributed by atoms with E-state index in [0.29, 0.717) is 46.5 Å². The predicted molar refractivity (Wildman–Crippen MR) is 163 cm³/mol. The molecule has 3 aromatic heterocycles. The van der Waals surface area contributed by atoms with Gasteiger partial charge in [-0.2, -0.15) is 10.4 Å². The van der Waals surface area contributed by atoms with E-state index in [4.69, 9.17) is 19.8 Å². The second-order valence-corrected chi connectivity index (χ2v) is 10.2. The lowest BCUT2D eigenvalue weighted by molar-refractivity contribution is 0.102. The zero-order valence-corrected chi connectivity index (χ0v) is 23.6. The fourth-order valence-corrected chi connectivity index (χ4v) is 5.00. The van der Waals surface area contributed by atoms with Gasteiger partial charge in [0.15, 0.2) is 11.5 Å². The number of nitrogens with one attached hydrogen (secondary N) is 3. The van der Waals surface area contributed by atoms with Crippen LogP contribution in [-0.4, -0.2) is 51.9 Å². The molecule has 1 unspecified atom stereocenters. The predicted octanol–water partition coefficient (Wildman–Crippen LogP) is 4.96. The summed E-state index contributed by atoms with van der Waals surface area (Å²) in [6.45, 7) is 2.39. The number of pyridine rings is 2. The van der Waals surface area contributed by atoms with Crippen molar-refractivity contribution < 1.29 is 14.3 Å². The van der Waals surface area contributed by atoms with E-state index >= 15 is 0 Å². The van der Waals surface area contributed by atoms with Crippen LogP contribution in [0.25, 0.3) is 11.0 Å². The van der Waals surface area contributed by atoms with E-state index in [1.54, 1.807) is 43.6 Å². The van der Waals surface area contributed by atoms with Gasteiger partial charge < -0.3 is 25.4 Å². The molecule has 6 rings (SSSR count). The molecule has 4 heterocycles. The van der Waals surface area contributed by atoms with Crippen molar-refractivity contribution in [3.05, 3.63) is 95.8 Å². The highest BCUT2D eigenvalue weighted by atomic mass is 16.5. The first-order valence-corrected chi connectivity index (χ1v) is 14.0. The third kappa shape index (κ3) is 6.39. The number of aromatic nitrogens is 4. The topological polar surface area (TPSA) is 139 Å². The van der Waals surface area contributed by atoms with E-state index in [1.807, 2.05) is 41.1 Å². The Morgan fingerprint density at radius 2 is 1.86 bits per heavy atom. The Morgan fingerprint density at radius 3 is 2.60 bits per heavy atom. The van der Waals surface area contributed by atoms with E-state index < -0.39 is 0 Å². The van der Waals surface area contributed by atoms with Crippen LogP contribution in [0, 0.1) is 11.3 Å². The molecule has 1 saturated heterocycles. The molecule has 11 nitrogen and oxygen atoms in total. The lowest BCUT2D eigenvalue weighted by atomic mass is 10.1. The SMILES string of the molecule is COc1ccc(Cn2nc(NC3CCCNC3)c3c(Oc4ccc(C(=O)Nc5cc(C#N)ccn5)cc4)ccnc32)cc1. The number of piperidine rings is 1. The number of fused-ring (bicyclic) bond motifs is 1. The largest absolute Gasteiger partial charge is 0.497 e. The van der Waals surface area contributed by atoms with Crippen LogP contribution in [0.4, 0.5) is 11.6 Å². The van der Waals surface area contributed by atoms with Gasteiger partial charge in [-0.1, -0.05) is 12.1 Å². The Morgan fingerprint density at radius 1 is 1.07 bits per heavy atom. The molecule has 3 N–H and O–H groups in total. The van der Waals surface area contributed by atoms with Crippen molar-refractivity contribution in [1.82, 2.24) is 25.1 Å². The molecule has 43 heavy (non-hydrogen) atoms. The van der Waals surface area contributed by atoms with Crippen LogP contribution in [0.2, 0.25) is 0 Å². The fraction of sp³-hybridized carbons (Fsp3) is 0.219. The highest BCUT2D eigenvalue weighted by Crippen LogP contribution is 2.35. The van der Waals surface area contributed by atoms with E-state index in [2.05, 4.69) is 25.9 Å². The number of hydrogen-bond acceptors (Lipinski definition) is 9. The summed E-state index contributed by atoms with van der Waals surface area (Å²) in [4.78, 5) is 21.5. The number of carbonyl (C=O) groups is 1. The molecule has 0 saturated carbocycles. The molecule has 1 aliphatic rings. The Labute approximate surface area is 248 Å². The van der Waals surface area contributed by atoms with Gasteiger partial charge in [-0.05, 0) is 73.5 Å². The van der Waals surface area contributed by atoms with Crippen LogP contribution >= 0.6 is 0 Å². The van der Waals surface area contributed by atoms with Gasteiger partial charge in [0.05, 0.1) is 25.3 Å². The molecule has 0 bridgehead atoms. The first-order chi connectivity index (χ1) is 21.1. The number of anilines is 2. The summed E-state index contributed by atoms with van der Waals surface area (Å²) in [5.74, 6) is 2.64. The lowest BCUT2D eigenvalue weighted by Crippen LogP contribution is -2.38. The smallest absolute Gasteiger partial charge is 0.256 e. The molecular formula is C32H30N8O3. The van der Waals surface area contributed by atoms with E-state index in [9.17, 15) is 4.79 Å². The Hall–Kier alpha value is -5.47. The number of hydrogen-bond donors (Lipinski definition) is 3. The standard InChI is InChI=1S/C32H30N8O3/c1-42-25-8-4-21(5-9-25)20-40-31-29(30(39-40)37-24-3-2-14-34-19-24)27(13-16-36-31)43-26-10-6-23(7-11-26)32(41)38-28-17-22(18-33)12-15-35-28/h4-13,15-17,24,34H,2-3,14,19-20H2,1H3,(H,37,39)(H,35,38,41). The van der Waals surface area contributed by atoms with E-state index in [0.717, 1.165) is 42.6 Å². The molecule has 1 aliphatic heterocycles. The molecule has 5 aromatic rings. The number of amides is 1. The average molecular weight is 575 g/mol. The molecular weight excluding hydrogens is 544 g/mol. The Bertz CT molecular complexity index is 1770. The zero-order valence-electron chi connectivity index (χ0n) is 23.6. The summed E-state index contributed by atoms with van der Waals surface area (Å²) in [6, 6.07) is 21.9. The maximum atomic E-state index is 12.8. The van der Waals surface area contributed by atoms with Crippen molar-refractivity contribution in [2.75, 3.05) is 30.8 Å². The van der Waals surface area contributed by atoms with Crippen LogP contribution in [0.1, 0.15) is 34.3 Å². The lowest BCUT2D eigenvalue weighted by Gasteiger charge is -2.23. The van der Waals surface area contributed by atoms with Crippen LogP contribution < -0.4 is 25.4 Å². The minimum absolute atomic E-state index is 0.232.